The Labute approximate surface area is 79.0 Å². The van der Waals surface area contributed by atoms with E-state index in [1.54, 1.807) is 0 Å². The van der Waals surface area contributed by atoms with Crippen molar-refractivity contribution in [3.8, 4) is 0 Å². The molecule has 5 fully saturated rings. The fourth-order valence-corrected chi connectivity index (χ4v) is 4.81. The van der Waals surface area contributed by atoms with E-state index in [1.807, 2.05) is 0 Å². The summed E-state index contributed by atoms with van der Waals surface area (Å²) in [6, 6.07) is 0. The molecule has 4 bridgehead atoms. The minimum Gasteiger partial charge on any atom is -0.361 e. The summed E-state index contributed by atoms with van der Waals surface area (Å²) in [4.78, 5) is 0. The van der Waals surface area contributed by atoms with Crippen LogP contribution in [0.2, 0.25) is 0 Å². The van der Waals surface area contributed by atoms with Crippen molar-refractivity contribution in [2.75, 3.05) is 6.73 Å². The monoisotopic (exact) mass is 179 g/mol. The maximum Gasteiger partial charge on any atom is 0.0975 e. The van der Waals surface area contributed by atoms with E-state index < -0.39 is 0 Å². The molecule has 1 spiro atoms. The molecule has 2 nitrogen and oxygen atoms in total. The quantitative estimate of drug-likeness (QED) is 0.608. The number of nitrogens with one attached hydrogen (secondary N) is 1. The number of rotatable bonds is 0. The molecule has 2 heteroatoms. The molecule has 0 amide bonds. The number of ether oxygens (including phenoxy) is 1. The summed E-state index contributed by atoms with van der Waals surface area (Å²) in [5.41, 5.74) is 0.439. The molecule has 0 aromatic rings. The second-order valence-electron chi connectivity index (χ2n) is 5.67. The van der Waals surface area contributed by atoms with Crippen molar-refractivity contribution < 1.29 is 4.74 Å². The topological polar surface area (TPSA) is 21.3 Å². The van der Waals surface area contributed by atoms with Crippen molar-refractivity contribution in [1.29, 1.82) is 0 Å². The van der Waals surface area contributed by atoms with Crippen LogP contribution in [0.5, 0.6) is 0 Å². The van der Waals surface area contributed by atoms with Gasteiger partial charge in [0.1, 0.15) is 0 Å². The van der Waals surface area contributed by atoms with Gasteiger partial charge in [0.15, 0.2) is 0 Å². The smallest absolute Gasteiger partial charge is 0.0975 e. The second-order valence-corrected chi connectivity index (χ2v) is 5.67. The molecule has 3 atom stereocenters. The lowest BCUT2D eigenvalue weighted by atomic mass is 9.52. The largest absolute Gasteiger partial charge is 0.361 e. The lowest BCUT2D eigenvalue weighted by Gasteiger charge is -2.57. The van der Waals surface area contributed by atoms with Crippen LogP contribution in [0.25, 0.3) is 0 Å². The lowest BCUT2D eigenvalue weighted by molar-refractivity contribution is -0.0927. The van der Waals surface area contributed by atoms with Gasteiger partial charge in [-0.1, -0.05) is 0 Å². The average Bonchev–Trinajstić information content (AvgIpc) is 2.46. The third kappa shape index (κ3) is 0.774. The molecule has 4 aliphatic carbocycles. The lowest BCUT2D eigenvalue weighted by Crippen LogP contribution is -2.62. The molecule has 0 aromatic carbocycles. The van der Waals surface area contributed by atoms with Gasteiger partial charge in [0.05, 0.1) is 12.8 Å². The van der Waals surface area contributed by atoms with Crippen LogP contribution < -0.4 is 5.32 Å². The van der Waals surface area contributed by atoms with Gasteiger partial charge >= 0.3 is 0 Å². The Balaban J connectivity index is 1.80. The summed E-state index contributed by atoms with van der Waals surface area (Å²) in [6.45, 7) is 0.820. The van der Waals surface area contributed by atoms with Crippen molar-refractivity contribution in [1.82, 2.24) is 5.32 Å². The Morgan fingerprint density at radius 3 is 2.62 bits per heavy atom. The maximum atomic E-state index is 5.87. The van der Waals surface area contributed by atoms with Crippen molar-refractivity contribution in [2.24, 2.45) is 17.8 Å². The van der Waals surface area contributed by atoms with Crippen molar-refractivity contribution in [3.63, 3.8) is 0 Å². The van der Waals surface area contributed by atoms with Crippen LogP contribution >= 0.6 is 0 Å². The summed E-state index contributed by atoms with van der Waals surface area (Å²) in [5, 5.41) is 3.64. The molecule has 1 saturated heterocycles. The summed E-state index contributed by atoms with van der Waals surface area (Å²) < 4.78 is 5.87. The normalized spacial score (nSPS) is 62.8. The van der Waals surface area contributed by atoms with Gasteiger partial charge in [0.25, 0.3) is 0 Å². The molecule has 0 radical (unpaired) electrons. The molecule has 1 aliphatic heterocycles. The predicted molar refractivity (Wildman–Crippen MR) is 49.2 cm³/mol. The third-order valence-electron chi connectivity index (χ3n) is 4.90. The minimum absolute atomic E-state index is 0.439. The van der Waals surface area contributed by atoms with Crippen molar-refractivity contribution in [2.45, 2.75) is 43.7 Å². The molecule has 5 rings (SSSR count). The maximum absolute atomic E-state index is 5.87. The molecular formula is C11H17NO. The Morgan fingerprint density at radius 1 is 1.08 bits per heavy atom. The van der Waals surface area contributed by atoms with Crippen LogP contribution in [0.4, 0.5) is 0 Å². The molecule has 1 N–H and O–H groups in total. The highest BCUT2D eigenvalue weighted by Crippen LogP contribution is 2.57. The summed E-state index contributed by atoms with van der Waals surface area (Å²) in [7, 11) is 0. The van der Waals surface area contributed by atoms with E-state index in [0.29, 0.717) is 11.6 Å². The van der Waals surface area contributed by atoms with Crippen LogP contribution in [0.15, 0.2) is 0 Å². The van der Waals surface area contributed by atoms with Gasteiger partial charge in [-0.25, -0.2) is 0 Å². The van der Waals surface area contributed by atoms with E-state index in [9.17, 15) is 0 Å². The first-order chi connectivity index (χ1) is 6.36. The summed E-state index contributed by atoms with van der Waals surface area (Å²) in [6.07, 6.45) is 7.84. The SMILES string of the molecule is C1NC23CC4CC(CC(C4)C2O1)C3. The van der Waals surface area contributed by atoms with E-state index in [-0.39, 0.29) is 0 Å². The fraction of sp³-hybridized carbons (Fsp3) is 1.00. The van der Waals surface area contributed by atoms with Crippen molar-refractivity contribution in [3.05, 3.63) is 0 Å². The Morgan fingerprint density at radius 2 is 1.85 bits per heavy atom. The molecular weight excluding hydrogens is 162 g/mol. The highest BCUT2D eigenvalue weighted by atomic mass is 16.5. The van der Waals surface area contributed by atoms with Gasteiger partial charge in [0, 0.05) is 5.54 Å². The number of hydrogen-bond donors (Lipinski definition) is 1. The van der Waals surface area contributed by atoms with Gasteiger partial charge < -0.3 is 4.74 Å². The van der Waals surface area contributed by atoms with Gasteiger partial charge in [-0.2, -0.15) is 0 Å². The zero-order valence-electron chi connectivity index (χ0n) is 7.96. The Bertz CT molecular complexity index is 238. The summed E-state index contributed by atoms with van der Waals surface area (Å²) in [5.74, 6) is 2.96. The molecule has 0 aromatic heterocycles. The van der Waals surface area contributed by atoms with Crippen LogP contribution in [0, 0.1) is 17.8 Å². The van der Waals surface area contributed by atoms with Crippen LogP contribution in [-0.4, -0.2) is 18.4 Å². The predicted octanol–water partition coefficient (Wildman–Crippen LogP) is 1.51. The van der Waals surface area contributed by atoms with E-state index in [0.717, 1.165) is 24.5 Å². The fourth-order valence-electron chi connectivity index (χ4n) is 4.81. The zero-order valence-corrected chi connectivity index (χ0v) is 7.96. The zero-order chi connectivity index (χ0) is 8.47. The average molecular weight is 179 g/mol. The van der Waals surface area contributed by atoms with Crippen LogP contribution in [0.3, 0.4) is 0 Å². The molecule has 3 unspecified atom stereocenters. The first-order valence-corrected chi connectivity index (χ1v) is 5.72. The first kappa shape index (κ1) is 7.24. The summed E-state index contributed by atoms with van der Waals surface area (Å²) >= 11 is 0. The van der Waals surface area contributed by atoms with Crippen molar-refractivity contribution >= 4 is 0 Å². The van der Waals surface area contributed by atoms with E-state index in [4.69, 9.17) is 4.74 Å². The van der Waals surface area contributed by atoms with Gasteiger partial charge in [-0.05, 0) is 49.9 Å². The van der Waals surface area contributed by atoms with Gasteiger partial charge in [-0.3, -0.25) is 5.32 Å². The third-order valence-corrected chi connectivity index (χ3v) is 4.90. The van der Waals surface area contributed by atoms with Gasteiger partial charge in [-0.15, -0.1) is 0 Å². The van der Waals surface area contributed by atoms with E-state index in [2.05, 4.69) is 5.32 Å². The molecule has 72 valence electrons. The minimum atomic E-state index is 0.439. The van der Waals surface area contributed by atoms with E-state index in [1.165, 1.54) is 32.1 Å². The van der Waals surface area contributed by atoms with Gasteiger partial charge in [0.2, 0.25) is 0 Å². The number of hydrogen-bond acceptors (Lipinski definition) is 2. The standard InChI is InChI=1S/C11H17NO/c1-7-2-9-3-8(1)5-11(4-7)10(9)13-6-12-11/h7-10,12H,1-6H2. The second kappa shape index (κ2) is 2.12. The molecule has 13 heavy (non-hydrogen) atoms. The first-order valence-electron chi connectivity index (χ1n) is 5.72. The highest BCUT2D eigenvalue weighted by molar-refractivity contribution is 5.13. The highest BCUT2D eigenvalue weighted by Gasteiger charge is 2.59. The molecule has 5 aliphatic rings. The van der Waals surface area contributed by atoms with Crippen LogP contribution in [0.1, 0.15) is 32.1 Å². The Kier molecular flexibility index (Phi) is 1.18. The Hall–Kier alpha value is -0.0800. The molecule has 1 heterocycles. The van der Waals surface area contributed by atoms with Crippen LogP contribution in [-0.2, 0) is 4.74 Å². The molecule has 4 saturated carbocycles. The van der Waals surface area contributed by atoms with E-state index >= 15 is 0 Å².